The molecule has 150 valence electrons. The molecule has 25 heavy (non-hydrogen) atoms. The molecule has 0 saturated heterocycles. The molecular formula is C23H45O2-. The van der Waals surface area contributed by atoms with E-state index in [-0.39, 0.29) is 5.92 Å². The average molecular weight is 354 g/mol. The van der Waals surface area contributed by atoms with Crippen LogP contribution in [-0.4, -0.2) is 5.97 Å². The zero-order chi connectivity index (χ0) is 18.6. The van der Waals surface area contributed by atoms with Crippen LogP contribution in [0, 0.1) is 5.92 Å². The standard InChI is InChI=1S/C23H46O2/c1-3-5-7-8-9-10-11-12-13-14-15-16-17-19-21-22(23(24)25)20-18-6-4-2/h22H,3-21H2,1-2H3,(H,24,25)/p-1. The molecule has 0 spiro atoms. The molecule has 0 radical (unpaired) electrons. The zero-order valence-corrected chi connectivity index (χ0v) is 17.3. The molecule has 0 bridgehead atoms. The van der Waals surface area contributed by atoms with Crippen LogP contribution in [0.25, 0.3) is 0 Å². The van der Waals surface area contributed by atoms with Crippen molar-refractivity contribution >= 4 is 5.97 Å². The van der Waals surface area contributed by atoms with Gasteiger partial charge in [-0.25, -0.2) is 0 Å². The second-order valence-electron chi connectivity index (χ2n) is 7.90. The van der Waals surface area contributed by atoms with Crippen LogP contribution >= 0.6 is 0 Å². The molecule has 2 heteroatoms. The molecule has 0 aromatic heterocycles. The summed E-state index contributed by atoms with van der Waals surface area (Å²) in [6, 6.07) is 0. The summed E-state index contributed by atoms with van der Waals surface area (Å²) < 4.78 is 0. The summed E-state index contributed by atoms with van der Waals surface area (Å²) in [6.07, 6.45) is 23.8. The summed E-state index contributed by atoms with van der Waals surface area (Å²) in [6.45, 7) is 4.43. The highest BCUT2D eigenvalue weighted by atomic mass is 16.4. The third kappa shape index (κ3) is 18.1. The molecule has 0 aliphatic rings. The van der Waals surface area contributed by atoms with Crippen LogP contribution < -0.4 is 5.11 Å². The number of aliphatic carboxylic acids is 1. The molecule has 0 heterocycles. The maximum absolute atomic E-state index is 11.1. The van der Waals surface area contributed by atoms with Crippen LogP contribution in [-0.2, 0) is 4.79 Å². The van der Waals surface area contributed by atoms with Gasteiger partial charge >= 0.3 is 0 Å². The minimum Gasteiger partial charge on any atom is -0.550 e. The fourth-order valence-corrected chi connectivity index (χ4v) is 3.61. The predicted molar refractivity (Wildman–Crippen MR) is 108 cm³/mol. The summed E-state index contributed by atoms with van der Waals surface area (Å²) in [5.41, 5.74) is 0. The number of rotatable bonds is 20. The highest BCUT2D eigenvalue weighted by molar-refractivity contribution is 5.67. The Balaban J connectivity index is 3.30. The smallest absolute Gasteiger partial charge is 0.0445 e. The van der Waals surface area contributed by atoms with E-state index in [9.17, 15) is 9.90 Å². The van der Waals surface area contributed by atoms with E-state index >= 15 is 0 Å². The topological polar surface area (TPSA) is 40.1 Å². The maximum Gasteiger partial charge on any atom is 0.0445 e. The molecular weight excluding hydrogens is 308 g/mol. The van der Waals surface area contributed by atoms with Crippen LogP contribution in [0.2, 0.25) is 0 Å². The Bertz CT molecular complexity index is 275. The van der Waals surface area contributed by atoms with Crippen molar-refractivity contribution < 1.29 is 9.90 Å². The fourth-order valence-electron chi connectivity index (χ4n) is 3.61. The number of carboxylic acid groups (broad SMARTS) is 1. The van der Waals surface area contributed by atoms with Crippen molar-refractivity contribution in [3.63, 3.8) is 0 Å². The first-order chi connectivity index (χ1) is 12.2. The van der Waals surface area contributed by atoms with Crippen LogP contribution in [0.4, 0.5) is 0 Å². The number of hydrogen-bond acceptors (Lipinski definition) is 2. The predicted octanol–water partition coefficient (Wildman–Crippen LogP) is 6.80. The first-order valence-corrected chi connectivity index (χ1v) is 11.4. The highest BCUT2D eigenvalue weighted by Gasteiger charge is 2.09. The van der Waals surface area contributed by atoms with E-state index in [1.807, 2.05) is 0 Å². The van der Waals surface area contributed by atoms with Crippen LogP contribution in [0.3, 0.4) is 0 Å². The molecule has 0 aromatic carbocycles. The van der Waals surface area contributed by atoms with Crippen molar-refractivity contribution in [3.05, 3.63) is 0 Å². The van der Waals surface area contributed by atoms with Gasteiger partial charge in [-0.3, -0.25) is 0 Å². The monoisotopic (exact) mass is 353 g/mol. The van der Waals surface area contributed by atoms with E-state index in [0.717, 1.165) is 38.5 Å². The molecule has 1 unspecified atom stereocenters. The Morgan fingerprint density at radius 1 is 0.560 bits per heavy atom. The van der Waals surface area contributed by atoms with Gasteiger partial charge in [0.25, 0.3) is 0 Å². The van der Waals surface area contributed by atoms with Crippen molar-refractivity contribution in [3.8, 4) is 0 Å². The van der Waals surface area contributed by atoms with Crippen molar-refractivity contribution in [1.82, 2.24) is 0 Å². The van der Waals surface area contributed by atoms with Crippen molar-refractivity contribution in [2.45, 2.75) is 136 Å². The van der Waals surface area contributed by atoms with Gasteiger partial charge in [0.2, 0.25) is 0 Å². The zero-order valence-electron chi connectivity index (χ0n) is 17.3. The van der Waals surface area contributed by atoms with Gasteiger partial charge in [0.05, 0.1) is 0 Å². The molecule has 2 nitrogen and oxygen atoms in total. The van der Waals surface area contributed by atoms with E-state index in [1.54, 1.807) is 0 Å². The van der Waals surface area contributed by atoms with Gasteiger partial charge in [-0.2, -0.15) is 0 Å². The summed E-state index contributed by atoms with van der Waals surface area (Å²) in [4.78, 5) is 11.1. The number of carboxylic acids is 1. The van der Waals surface area contributed by atoms with Crippen LogP contribution in [0.15, 0.2) is 0 Å². The van der Waals surface area contributed by atoms with E-state index < -0.39 is 5.97 Å². The Morgan fingerprint density at radius 2 is 0.840 bits per heavy atom. The lowest BCUT2D eigenvalue weighted by atomic mass is 9.94. The maximum atomic E-state index is 11.1. The minimum absolute atomic E-state index is 0.205. The molecule has 0 aliphatic carbocycles. The van der Waals surface area contributed by atoms with Gasteiger partial charge in [0.1, 0.15) is 0 Å². The average Bonchev–Trinajstić information content (AvgIpc) is 2.60. The highest BCUT2D eigenvalue weighted by Crippen LogP contribution is 2.18. The van der Waals surface area contributed by atoms with Gasteiger partial charge < -0.3 is 9.90 Å². The van der Waals surface area contributed by atoms with E-state index in [1.165, 1.54) is 83.5 Å². The Morgan fingerprint density at radius 3 is 1.20 bits per heavy atom. The molecule has 0 rings (SSSR count). The minimum atomic E-state index is -0.828. The van der Waals surface area contributed by atoms with Crippen molar-refractivity contribution in [2.75, 3.05) is 0 Å². The van der Waals surface area contributed by atoms with Gasteiger partial charge in [-0.05, 0) is 18.8 Å². The molecule has 0 aliphatic heterocycles. The second-order valence-corrected chi connectivity index (χ2v) is 7.90. The van der Waals surface area contributed by atoms with Gasteiger partial charge in [-0.1, -0.05) is 123 Å². The summed E-state index contributed by atoms with van der Waals surface area (Å²) in [7, 11) is 0. The number of carbonyl (C=O) groups excluding carboxylic acids is 1. The van der Waals surface area contributed by atoms with E-state index in [4.69, 9.17) is 0 Å². The molecule has 0 amide bonds. The largest absolute Gasteiger partial charge is 0.550 e. The van der Waals surface area contributed by atoms with Gasteiger partial charge in [0.15, 0.2) is 0 Å². The Labute approximate surface area is 158 Å². The first kappa shape index (κ1) is 24.5. The fraction of sp³-hybridized carbons (Fsp3) is 0.957. The lowest BCUT2D eigenvalue weighted by molar-refractivity contribution is -0.312. The van der Waals surface area contributed by atoms with Crippen LogP contribution in [0.1, 0.15) is 136 Å². The van der Waals surface area contributed by atoms with Crippen molar-refractivity contribution in [1.29, 1.82) is 0 Å². The SMILES string of the molecule is CCCCCCCCCCCCCCCCC(CCCCC)C(=O)[O-]. The lowest BCUT2D eigenvalue weighted by Crippen LogP contribution is -2.31. The third-order valence-electron chi connectivity index (χ3n) is 5.40. The lowest BCUT2D eigenvalue weighted by Gasteiger charge is -2.17. The Hall–Kier alpha value is -0.530. The molecule has 0 N–H and O–H groups in total. The molecule has 1 atom stereocenters. The quantitative estimate of drug-likeness (QED) is 0.226. The summed E-state index contributed by atoms with van der Waals surface area (Å²) in [5, 5.41) is 11.1. The Kier molecular flexibility index (Phi) is 19.4. The van der Waals surface area contributed by atoms with Gasteiger partial charge in [0, 0.05) is 5.97 Å². The summed E-state index contributed by atoms with van der Waals surface area (Å²) >= 11 is 0. The third-order valence-corrected chi connectivity index (χ3v) is 5.40. The van der Waals surface area contributed by atoms with E-state index in [0.29, 0.717) is 0 Å². The number of unbranched alkanes of at least 4 members (excludes halogenated alkanes) is 15. The van der Waals surface area contributed by atoms with Crippen molar-refractivity contribution in [2.24, 2.45) is 5.92 Å². The molecule has 0 aromatic rings. The second kappa shape index (κ2) is 19.8. The number of hydrogen-bond donors (Lipinski definition) is 0. The van der Waals surface area contributed by atoms with Crippen LogP contribution in [0.5, 0.6) is 0 Å². The summed E-state index contributed by atoms with van der Waals surface area (Å²) in [5.74, 6) is -1.03. The molecule has 0 saturated carbocycles. The van der Waals surface area contributed by atoms with Gasteiger partial charge in [-0.15, -0.1) is 0 Å². The molecule has 0 fully saturated rings. The normalized spacial score (nSPS) is 12.4. The number of carbonyl (C=O) groups is 1. The van der Waals surface area contributed by atoms with E-state index in [2.05, 4.69) is 13.8 Å². The first-order valence-electron chi connectivity index (χ1n) is 11.4.